The first-order chi connectivity index (χ1) is 9.21. The molecule has 0 aromatic rings. The van der Waals surface area contributed by atoms with Crippen molar-refractivity contribution >= 4 is 0 Å². The molecular formula is C17H36N2. The lowest BCUT2D eigenvalue weighted by atomic mass is 9.83. The molecule has 1 aliphatic carbocycles. The first-order valence-electron chi connectivity index (χ1n) is 8.66. The molecule has 2 nitrogen and oxygen atoms in total. The summed E-state index contributed by atoms with van der Waals surface area (Å²) >= 11 is 0. The third-order valence-corrected chi connectivity index (χ3v) is 4.85. The predicted molar refractivity (Wildman–Crippen MR) is 85.6 cm³/mol. The fourth-order valence-electron chi connectivity index (χ4n) is 3.36. The molecule has 0 saturated heterocycles. The molecule has 0 radical (unpaired) electrons. The van der Waals surface area contributed by atoms with Gasteiger partial charge in [0.15, 0.2) is 0 Å². The SMILES string of the molecule is CCNC(CN(CC)CC(C)CC)C1CCCCC1. The highest BCUT2D eigenvalue weighted by Gasteiger charge is 2.24. The molecule has 2 atom stereocenters. The smallest absolute Gasteiger partial charge is 0.0223 e. The molecule has 1 rings (SSSR count). The van der Waals surface area contributed by atoms with Gasteiger partial charge in [0.05, 0.1) is 0 Å². The monoisotopic (exact) mass is 268 g/mol. The molecule has 0 spiro atoms. The third kappa shape index (κ3) is 6.27. The van der Waals surface area contributed by atoms with Gasteiger partial charge in [-0.2, -0.15) is 0 Å². The van der Waals surface area contributed by atoms with Crippen LogP contribution in [0.2, 0.25) is 0 Å². The summed E-state index contributed by atoms with van der Waals surface area (Å²) in [6.45, 7) is 14.1. The van der Waals surface area contributed by atoms with Gasteiger partial charge in [0.25, 0.3) is 0 Å². The summed E-state index contributed by atoms with van der Waals surface area (Å²) in [4.78, 5) is 2.66. The van der Waals surface area contributed by atoms with Crippen LogP contribution in [0, 0.1) is 11.8 Å². The summed E-state index contributed by atoms with van der Waals surface area (Å²) in [7, 11) is 0. The maximum Gasteiger partial charge on any atom is 0.0223 e. The van der Waals surface area contributed by atoms with Gasteiger partial charge in [0, 0.05) is 19.1 Å². The van der Waals surface area contributed by atoms with E-state index in [1.807, 2.05) is 0 Å². The maximum absolute atomic E-state index is 3.77. The lowest BCUT2D eigenvalue weighted by Gasteiger charge is -2.35. The summed E-state index contributed by atoms with van der Waals surface area (Å²) in [5.74, 6) is 1.74. The van der Waals surface area contributed by atoms with E-state index in [0.717, 1.165) is 18.4 Å². The minimum absolute atomic E-state index is 0.717. The lowest BCUT2D eigenvalue weighted by molar-refractivity contribution is 0.173. The summed E-state index contributed by atoms with van der Waals surface area (Å²) in [6.07, 6.45) is 8.54. The number of rotatable bonds is 9. The average molecular weight is 268 g/mol. The van der Waals surface area contributed by atoms with Crippen LogP contribution in [0.15, 0.2) is 0 Å². The minimum Gasteiger partial charge on any atom is -0.313 e. The van der Waals surface area contributed by atoms with Crippen molar-refractivity contribution in [3.05, 3.63) is 0 Å². The van der Waals surface area contributed by atoms with Crippen LogP contribution >= 0.6 is 0 Å². The Bertz CT molecular complexity index is 211. The first kappa shape index (κ1) is 17.0. The van der Waals surface area contributed by atoms with Crippen LogP contribution in [0.4, 0.5) is 0 Å². The predicted octanol–water partition coefficient (Wildman–Crippen LogP) is 3.91. The minimum atomic E-state index is 0.717. The van der Waals surface area contributed by atoms with Gasteiger partial charge in [-0.15, -0.1) is 0 Å². The molecule has 0 amide bonds. The molecule has 2 unspecified atom stereocenters. The van der Waals surface area contributed by atoms with Crippen LogP contribution < -0.4 is 5.32 Å². The fourth-order valence-corrected chi connectivity index (χ4v) is 3.36. The van der Waals surface area contributed by atoms with Crippen LogP contribution in [0.25, 0.3) is 0 Å². The molecule has 2 heteroatoms. The van der Waals surface area contributed by atoms with Crippen LogP contribution in [-0.4, -0.2) is 37.1 Å². The van der Waals surface area contributed by atoms with Gasteiger partial charge < -0.3 is 10.2 Å². The van der Waals surface area contributed by atoms with E-state index < -0.39 is 0 Å². The van der Waals surface area contributed by atoms with Gasteiger partial charge >= 0.3 is 0 Å². The standard InChI is InChI=1S/C17H36N2/c1-5-15(4)13-19(7-3)14-17(18-6-2)16-11-9-8-10-12-16/h15-18H,5-14H2,1-4H3. The third-order valence-electron chi connectivity index (χ3n) is 4.85. The van der Waals surface area contributed by atoms with E-state index in [0.29, 0.717) is 6.04 Å². The van der Waals surface area contributed by atoms with Crippen LogP contribution in [0.1, 0.15) is 66.2 Å². The second kappa shape index (κ2) is 9.77. The molecule has 0 aliphatic heterocycles. The summed E-state index contributed by atoms with van der Waals surface area (Å²) in [5, 5.41) is 3.77. The normalized spacial score (nSPS) is 20.7. The topological polar surface area (TPSA) is 15.3 Å². The Kier molecular flexibility index (Phi) is 8.72. The highest BCUT2D eigenvalue weighted by molar-refractivity contribution is 4.82. The fraction of sp³-hybridized carbons (Fsp3) is 1.00. The van der Waals surface area contributed by atoms with Crippen molar-refractivity contribution in [3.8, 4) is 0 Å². The number of likely N-dealkylation sites (N-methyl/N-ethyl adjacent to an activating group) is 2. The molecule has 19 heavy (non-hydrogen) atoms. The molecule has 1 aliphatic rings. The lowest BCUT2D eigenvalue weighted by Crippen LogP contribution is -2.47. The van der Waals surface area contributed by atoms with E-state index in [-0.39, 0.29) is 0 Å². The Morgan fingerprint density at radius 1 is 1.05 bits per heavy atom. The molecule has 0 bridgehead atoms. The number of hydrogen-bond donors (Lipinski definition) is 1. The molecule has 114 valence electrons. The highest BCUT2D eigenvalue weighted by atomic mass is 15.1. The van der Waals surface area contributed by atoms with E-state index in [2.05, 4.69) is 37.9 Å². The van der Waals surface area contributed by atoms with Gasteiger partial charge in [-0.1, -0.05) is 53.4 Å². The van der Waals surface area contributed by atoms with Crippen molar-refractivity contribution in [2.45, 2.75) is 72.3 Å². The van der Waals surface area contributed by atoms with E-state index >= 15 is 0 Å². The zero-order valence-corrected chi connectivity index (χ0v) is 13.8. The van der Waals surface area contributed by atoms with E-state index in [4.69, 9.17) is 0 Å². The van der Waals surface area contributed by atoms with Crippen molar-refractivity contribution in [3.63, 3.8) is 0 Å². The van der Waals surface area contributed by atoms with E-state index in [1.165, 1.54) is 58.2 Å². The molecular weight excluding hydrogens is 232 g/mol. The molecule has 1 saturated carbocycles. The van der Waals surface area contributed by atoms with E-state index in [1.54, 1.807) is 0 Å². The van der Waals surface area contributed by atoms with Gasteiger partial charge in [-0.25, -0.2) is 0 Å². The van der Waals surface area contributed by atoms with Crippen molar-refractivity contribution in [1.29, 1.82) is 0 Å². The summed E-state index contributed by atoms with van der Waals surface area (Å²) in [5.41, 5.74) is 0. The Morgan fingerprint density at radius 2 is 1.74 bits per heavy atom. The number of hydrogen-bond acceptors (Lipinski definition) is 2. The van der Waals surface area contributed by atoms with Crippen molar-refractivity contribution < 1.29 is 0 Å². The second-order valence-corrected chi connectivity index (χ2v) is 6.43. The van der Waals surface area contributed by atoms with Gasteiger partial charge in [0.1, 0.15) is 0 Å². The zero-order valence-electron chi connectivity index (χ0n) is 13.8. The molecule has 0 heterocycles. The van der Waals surface area contributed by atoms with Crippen LogP contribution in [0.5, 0.6) is 0 Å². The molecule has 0 aromatic carbocycles. The first-order valence-corrected chi connectivity index (χ1v) is 8.66. The quantitative estimate of drug-likeness (QED) is 0.682. The Balaban J connectivity index is 2.49. The average Bonchev–Trinajstić information content (AvgIpc) is 2.46. The van der Waals surface area contributed by atoms with Crippen LogP contribution in [-0.2, 0) is 0 Å². The van der Waals surface area contributed by atoms with Crippen molar-refractivity contribution in [1.82, 2.24) is 10.2 Å². The maximum atomic E-state index is 3.77. The van der Waals surface area contributed by atoms with Gasteiger partial charge in [0.2, 0.25) is 0 Å². The van der Waals surface area contributed by atoms with E-state index in [9.17, 15) is 0 Å². The number of nitrogens with zero attached hydrogens (tertiary/aromatic N) is 1. The summed E-state index contributed by atoms with van der Waals surface area (Å²) < 4.78 is 0. The van der Waals surface area contributed by atoms with Gasteiger partial charge in [-0.05, 0) is 37.8 Å². The van der Waals surface area contributed by atoms with Crippen molar-refractivity contribution in [2.75, 3.05) is 26.2 Å². The molecule has 1 N–H and O–H groups in total. The summed E-state index contributed by atoms with van der Waals surface area (Å²) in [6, 6.07) is 0.717. The van der Waals surface area contributed by atoms with Crippen LogP contribution in [0.3, 0.4) is 0 Å². The Labute approximate surface area is 121 Å². The highest BCUT2D eigenvalue weighted by Crippen LogP contribution is 2.27. The molecule has 0 aromatic heterocycles. The molecule has 1 fully saturated rings. The van der Waals surface area contributed by atoms with Crippen molar-refractivity contribution in [2.24, 2.45) is 11.8 Å². The number of nitrogens with one attached hydrogen (secondary N) is 1. The second-order valence-electron chi connectivity index (χ2n) is 6.43. The zero-order chi connectivity index (χ0) is 14.1. The Morgan fingerprint density at radius 3 is 2.26 bits per heavy atom. The Hall–Kier alpha value is -0.0800. The largest absolute Gasteiger partial charge is 0.313 e. The van der Waals surface area contributed by atoms with Gasteiger partial charge in [-0.3, -0.25) is 0 Å².